The van der Waals surface area contributed by atoms with Gasteiger partial charge in [-0.15, -0.1) is 20.4 Å². The summed E-state index contributed by atoms with van der Waals surface area (Å²) in [6, 6.07) is 2.84. The van der Waals surface area contributed by atoms with Crippen LogP contribution < -0.4 is 9.62 Å². The molecule has 0 fully saturated rings. The Balaban J connectivity index is 2.00. The molecule has 1 aliphatic rings. The highest BCUT2D eigenvalue weighted by Gasteiger charge is 2.46. The van der Waals surface area contributed by atoms with Crippen molar-refractivity contribution in [1.29, 1.82) is 0 Å². The average molecular weight is 507 g/mol. The SMILES string of the molecule is CCCN1CCCc2cc(N=Nc3nnc(C(=O)OCC)s3)c(NS(=O)(=O)C(F)(F)F)cc21. The predicted octanol–water partition coefficient (Wildman–Crippen LogP) is 4.55. The number of hydrogen-bond acceptors (Lipinski definition) is 10. The fraction of sp³-hybridized carbons (Fsp3) is 0.500. The van der Waals surface area contributed by atoms with Crippen LogP contribution in [0.4, 0.5) is 35.4 Å². The summed E-state index contributed by atoms with van der Waals surface area (Å²) in [5, 5.41) is 14.9. The quantitative estimate of drug-likeness (QED) is 0.411. The van der Waals surface area contributed by atoms with Crippen LogP contribution in [0.1, 0.15) is 42.1 Å². The van der Waals surface area contributed by atoms with Crippen LogP contribution in [0, 0.1) is 0 Å². The van der Waals surface area contributed by atoms with E-state index in [4.69, 9.17) is 4.74 Å². The first kappa shape index (κ1) is 24.8. The zero-order valence-electron chi connectivity index (χ0n) is 17.7. The normalized spacial score (nSPS) is 14.4. The summed E-state index contributed by atoms with van der Waals surface area (Å²) < 4.78 is 68.9. The van der Waals surface area contributed by atoms with Gasteiger partial charge in [-0.3, -0.25) is 4.72 Å². The largest absolute Gasteiger partial charge is 0.516 e. The summed E-state index contributed by atoms with van der Waals surface area (Å²) in [5.74, 6) is -0.695. The van der Waals surface area contributed by atoms with Gasteiger partial charge in [-0.25, -0.2) is 4.79 Å². The van der Waals surface area contributed by atoms with Gasteiger partial charge in [0.05, 0.1) is 12.3 Å². The van der Waals surface area contributed by atoms with Gasteiger partial charge in [0, 0.05) is 18.8 Å². The number of sulfonamides is 1. The molecule has 0 radical (unpaired) electrons. The maximum atomic E-state index is 13.0. The van der Waals surface area contributed by atoms with Crippen LogP contribution in [0.3, 0.4) is 0 Å². The summed E-state index contributed by atoms with van der Waals surface area (Å²) in [6.07, 6.45) is 2.29. The highest BCUT2D eigenvalue weighted by molar-refractivity contribution is 7.93. The molecule has 1 aromatic carbocycles. The van der Waals surface area contributed by atoms with Crippen molar-refractivity contribution < 1.29 is 31.1 Å². The molecule has 0 saturated carbocycles. The topological polar surface area (TPSA) is 126 Å². The van der Waals surface area contributed by atoms with Crippen molar-refractivity contribution in [3.8, 4) is 0 Å². The number of esters is 1. The van der Waals surface area contributed by atoms with E-state index < -0.39 is 21.5 Å². The Hall–Kier alpha value is -2.81. The lowest BCUT2D eigenvalue weighted by molar-refractivity contribution is -0.0429. The lowest BCUT2D eigenvalue weighted by Crippen LogP contribution is -2.31. The summed E-state index contributed by atoms with van der Waals surface area (Å²) in [7, 11) is -5.68. The predicted molar refractivity (Wildman–Crippen MR) is 116 cm³/mol. The molecule has 15 heteroatoms. The molecular formula is C18H21F3N6O4S2. The Morgan fingerprint density at radius 3 is 2.70 bits per heavy atom. The van der Waals surface area contributed by atoms with E-state index in [0.29, 0.717) is 25.2 Å². The summed E-state index contributed by atoms with van der Waals surface area (Å²) in [4.78, 5) is 13.7. The number of azo groups is 1. The number of carbonyl (C=O) groups is 1. The number of anilines is 2. The van der Waals surface area contributed by atoms with E-state index in [0.717, 1.165) is 29.7 Å². The van der Waals surface area contributed by atoms with Crippen molar-refractivity contribution in [1.82, 2.24) is 10.2 Å². The van der Waals surface area contributed by atoms with Gasteiger partial charge in [-0.2, -0.15) is 21.6 Å². The summed E-state index contributed by atoms with van der Waals surface area (Å²) >= 11 is 0.775. The third-order valence-corrected chi connectivity index (χ3v) is 6.45. The minimum Gasteiger partial charge on any atom is -0.461 e. The number of rotatable bonds is 8. The number of benzene rings is 1. The van der Waals surface area contributed by atoms with Crippen LogP contribution in [-0.2, 0) is 21.2 Å². The van der Waals surface area contributed by atoms with Crippen LogP contribution in [0.25, 0.3) is 0 Å². The minimum absolute atomic E-state index is 0.0481. The second kappa shape index (κ2) is 9.99. The number of fused-ring (bicyclic) bond motifs is 1. The van der Waals surface area contributed by atoms with Gasteiger partial charge in [-0.1, -0.05) is 18.3 Å². The Kier molecular flexibility index (Phi) is 7.51. The number of hydrogen-bond donors (Lipinski definition) is 1. The zero-order chi connectivity index (χ0) is 24.2. The van der Waals surface area contributed by atoms with E-state index in [2.05, 4.69) is 20.4 Å². The van der Waals surface area contributed by atoms with Crippen molar-refractivity contribution in [2.45, 2.75) is 38.6 Å². The highest BCUT2D eigenvalue weighted by Crippen LogP contribution is 2.39. The van der Waals surface area contributed by atoms with Gasteiger partial charge >= 0.3 is 21.5 Å². The molecule has 0 saturated heterocycles. The molecule has 2 aromatic rings. The van der Waals surface area contributed by atoms with E-state index >= 15 is 0 Å². The lowest BCUT2D eigenvalue weighted by atomic mass is 10.00. The number of carbonyl (C=O) groups excluding carboxylic acids is 1. The first-order valence-electron chi connectivity index (χ1n) is 9.99. The maximum absolute atomic E-state index is 13.0. The Labute approximate surface area is 191 Å². The number of ether oxygens (including phenoxy) is 1. The lowest BCUT2D eigenvalue weighted by Gasteiger charge is -2.32. The maximum Gasteiger partial charge on any atom is 0.516 e. The number of aromatic nitrogens is 2. The van der Waals surface area contributed by atoms with Crippen LogP contribution >= 0.6 is 11.3 Å². The monoisotopic (exact) mass is 506 g/mol. The third kappa shape index (κ3) is 5.76. The van der Waals surface area contributed by atoms with Crippen LogP contribution in [0.5, 0.6) is 0 Å². The molecule has 1 aliphatic heterocycles. The first-order valence-corrected chi connectivity index (χ1v) is 12.3. The fourth-order valence-electron chi connectivity index (χ4n) is 3.19. The van der Waals surface area contributed by atoms with E-state index in [1.54, 1.807) is 11.6 Å². The number of nitrogens with zero attached hydrogens (tertiary/aromatic N) is 5. The minimum atomic E-state index is -5.68. The molecule has 1 aromatic heterocycles. The zero-order valence-corrected chi connectivity index (χ0v) is 19.3. The molecule has 0 aliphatic carbocycles. The molecule has 0 bridgehead atoms. The molecule has 33 heavy (non-hydrogen) atoms. The van der Waals surface area contributed by atoms with Gasteiger partial charge in [-0.05, 0) is 43.9 Å². The number of alkyl halides is 3. The van der Waals surface area contributed by atoms with Gasteiger partial charge in [0.1, 0.15) is 5.69 Å². The van der Waals surface area contributed by atoms with Crippen molar-refractivity contribution in [3.63, 3.8) is 0 Å². The molecule has 2 heterocycles. The molecular weight excluding hydrogens is 485 g/mol. The van der Waals surface area contributed by atoms with Crippen molar-refractivity contribution in [2.24, 2.45) is 10.2 Å². The average Bonchev–Trinajstić information content (AvgIpc) is 3.21. The number of nitrogens with one attached hydrogen (secondary N) is 1. The molecule has 0 spiro atoms. The van der Waals surface area contributed by atoms with E-state index in [1.165, 1.54) is 12.1 Å². The van der Waals surface area contributed by atoms with E-state index in [-0.39, 0.29) is 28.1 Å². The number of aryl methyl sites for hydroxylation is 1. The van der Waals surface area contributed by atoms with Gasteiger partial charge < -0.3 is 9.64 Å². The fourth-order valence-corrected chi connectivity index (χ4v) is 4.32. The summed E-state index contributed by atoms with van der Waals surface area (Å²) in [5.41, 5.74) is -4.54. The second-order valence-electron chi connectivity index (χ2n) is 6.95. The molecule has 0 atom stereocenters. The van der Waals surface area contributed by atoms with Crippen molar-refractivity contribution >= 4 is 49.5 Å². The molecule has 0 unspecified atom stereocenters. The molecule has 180 valence electrons. The number of halogens is 3. The van der Waals surface area contributed by atoms with Crippen LogP contribution in [0.2, 0.25) is 0 Å². The van der Waals surface area contributed by atoms with Crippen LogP contribution in [0.15, 0.2) is 22.4 Å². The van der Waals surface area contributed by atoms with Crippen LogP contribution in [-0.4, -0.2) is 49.8 Å². The first-order chi connectivity index (χ1) is 15.6. The van der Waals surface area contributed by atoms with Gasteiger partial charge in [0.15, 0.2) is 0 Å². The van der Waals surface area contributed by atoms with E-state index in [9.17, 15) is 26.4 Å². The van der Waals surface area contributed by atoms with Crippen molar-refractivity contribution in [2.75, 3.05) is 29.3 Å². The molecule has 1 N–H and O–H groups in total. The second-order valence-corrected chi connectivity index (χ2v) is 9.58. The van der Waals surface area contributed by atoms with Gasteiger partial charge in [0.25, 0.3) is 5.13 Å². The highest BCUT2D eigenvalue weighted by atomic mass is 32.2. The Bertz CT molecular complexity index is 1150. The molecule has 10 nitrogen and oxygen atoms in total. The third-order valence-electron chi connectivity index (χ3n) is 4.56. The standard InChI is InChI=1S/C18H21F3N6O4S2/c1-3-7-27-8-5-6-11-9-12(13(10-14(11)27)26-33(29,30)18(19,20)21)22-24-17-25-23-15(32-17)16(28)31-4-2/h9-10,26H,3-8H2,1-2H3. The Morgan fingerprint density at radius 2 is 2.03 bits per heavy atom. The molecule has 3 rings (SSSR count). The molecule has 0 amide bonds. The van der Waals surface area contributed by atoms with Crippen molar-refractivity contribution in [3.05, 3.63) is 22.7 Å². The van der Waals surface area contributed by atoms with E-state index in [1.807, 2.05) is 11.8 Å². The van der Waals surface area contributed by atoms with Gasteiger partial charge in [0.2, 0.25) is 5.01 Å². The smallest absolute Gasteiger partial charge is 0.461 e. The summed E-state index contributed by atoms with van der Waals surface area (Å²) in [6.45, 7) is 5.11. The Morgan fingerprint density at radius 1 is 1.27 bits per heavy atom.